The number of carboxylic acids is 1. The summed E-state index contributed by atoms with van der Waals surface area (Å²) in [6, 6.07) is 13.7. The van der Waals surface area contributed by atoms with Crippen LogP contribution in [0, 0.1) is 5.92 Å². The zero-order chi connectivity index (χ0) is 22.1. The Kier molecular flexibility index (Phi) is 8.23. The zero-order valence-corrected chi connectivity index (χ0v) is 17.9. The summed E-state index contributed by atoms with van der Waals surface area (Å²) in [6.45, 7) is 4.08. The third kappa shape index (κ3) is 7.75. The maximum atomic E-state index is 11.5. The van der Waals surface area contributed by atoms with Crippen LogP contribution in [0.25, 0.3) is 0 Å². The van der Waals surface area contributed by atoms with Crippen LogP contribution in [-0.4, -0.2) is 38.1 Å². The van der Waals surface area contributed by atoms with Gasteiger partial charge in [-0.2, -0.15) is 8.42 Å². The van der Waals surface area contributed by atoms with E-state index in [1.54, 1.807) is 50.2 Å². The van der Waals surface area contributed by atoms with Gasteiger partial charge in [-0.15, -0.1) is 0 Å². The number of hydrogen-bond acceptors (Lipinski definition) is 7. The van der Waals surface area contributed by atoms with Gasteiger partial charge in [0.1, 0.15) is 30.6 Å². The van der Waals surface area contributed by atoms with E-state index in [-0.39, 0.29) is 12.4 Å². The molecule has 8 nitrogen and oxygen atoms in total. The summed E-state index contributed by atoms with van der Waals surface area (Å²) in [6.07, 6.45) is 1.28. The molecule has 0 radical (unpaired) electrons. The lowest BCUT2D eigenvalue weighted by Gasteiger charge is -2.13. The number of hydrogen-bond donors (Lipinski definition) is 1. The van der Waals surface area contributed by atoms with Crippen molar-refractivity contribution in [2.45, 2.75) is 26.9 Å². The largest absolute Gasteiger partial charge is 0.489 e. The Bertz CT molecular complexity index is 967. The monoisotopic (exact) mass is 435 g/mol. The van der Waals surface area contributed by atoms with Crippen molar-refractivity contribution < 1.29 is 32.1 Å². The molecule has 2 aromatic rings. The van der Waals surface area contributed by atoms with Crippen LogP contribution < -0.4 is 8.92 Å². The summed E-state index contributed by atoms with van der Waals surface area (Å²) in [5.41, 5.74) is 2.09. The quantitative estimate of drug-likeness (QED) is 0.327. The summed E-state index contributed by atoms with van der Waals surface area (Å²) in [5.74, 6) is -0.862. The number of ether oxygens (including phenoxy) is 1. The lowest BCUT2D eigenvalue weighted by Crippen LogP contribution is -2.24. The standard InChI is InChI=1S/C21H25NO7S/c1-4-28-22-15(2)20(21(23)24)13-16-5-9-18(10-6-16)27-14-17-7-11-19(12-8-17)29-30(3,25)26/h5-12,20H,4,13-14H2,1-3H3,(H,23,24). The van der Waals surface area contributed by atoms with E-state index in [1.165, 1.54) is 0 Å². The average Bonchev–Trinajstić information content (AvgIpc) is 2.69. The van der Waals surface area contributed by atoms with Gasteiger partial charge in [0.2, 0.25) is 0 Å². The molecule has 2 rings (SSSR count). The molecular formula is C21H25NO7S. The minimum Gasteiger partial charge on any atom is -0.489 e. The van der Waals surface area contributed by atoms with Gasteiger partial charge in [0, 0.05) is 0 Å². The molecule has 0 aliphatic rings. The van der Waals surface area contributed by atoms with Crippen LogP contribution in [0.4, 0.5) is 0 Å². The molecule has 0 heterocycles. The van der Waals surface area contributed by atoms with E-state index < -0.39 is 22.0 Å². The van der Waals surface area contributed by atoms with Gasteiger partial charge in [0.25, 0.3) is 0 Å². The van der Waals surface area contributed by atoms with E-state index in [0.29, 0.717) is 24.5 Å². The van der Waals surface area contributed by atoms with Crippen molar-refractivity contribution in [2.75, 3.05) is 12.9 Å². The second kappa shape index (κ2) is 10.6. The predicted octanol–water partition coefficient (Wildman–Crippen LogP) is 3.26. The smallest absolute Gasteiger partial charge is 0.312 e. The molecule has 0 aliphatic heterocycles. The van der Waals surface area contributed by atoms with E-state index >= 15 is 0 Å². The van der Waals surface area contributed by atoms with Gasteiger partial charge >= 0.3 is 16.1 Å². The highest BCUT2D eigenvalue weighted by Crippen LogP contribution is 2.19. The van der Waals surface area contributed by atoms with E-state index in [4.69, 9.17) is 13.8 Å². The number of aliphatic carboxylic acids is 1. The molecule has 0 saturated carbocycles. The Balaban J connectivity index is 1.94. The van der Waals surface area contributed by atoms with Gasteiger partial charge in [-0.3, -0.25) is 4.79 Å². The highest BCUT2D eigenvalue weighted by atomic mass is 32.2. The maximum absolute atomic E-state index is 11.5. The van der Waals surface area contributed by atoms with Crippen LogP contribution in [0.15, 0.2) is 53.7 Å². The fraction of sp³-hybridized carbons (Fsp3) is 0.333. The molecule has 0 bridgehead atoms. The first kappa shape index (κ1) is 23.2. The van der Waals surface area contributed by atoms with Crippen LogP contribution in [-0.2, 0) is 32.8 Å². The molecule has 0 spiro atoms. The normalized spacial score (nSPS) is 12.8. The van der Waals surface area contributed by atoms with Crippen molar-refractivity contribution >= 4 is 21.8 Å². The number of rotatable bonds is 11. The minimum atomic E-state index is -3.56. The predicted molar refractivity (Wildman–Crippen MR) is 112 cm³/mol. The molecule has 2 aromatic carbocycles. The summed E-state index contributed by atoms with van der Waals surface area (Å²) >= 11 is 0. The molecular weight excluding hydrogens is 410 g/mol. The molecule has 0 amide bonds. The molecule has 0 aliphatic carbocycles. The number of carbonyl (C=O) groups is 1. The highest BCUT2D eigenvalue weighted by molar-refractivity contribution is 7.86. The van der Waals surface area contributed by atoms with Crippen LogP contribution >= 0.6 is 0 Å². The molecule has 9 heteroatoms. The van der Waals surface area contributed by atoms with Gasteiger partial charge in [-0.05, 0) is 55.7 Å². The van der Waals surface area contributed by atoms with Crippen molar-refractivity contribution in [2.24, 2.45) is 11.1 Å². The van der Waals surface area contributed by atoms with Crippen molar-refractivity contribution in [1.82, 2.24) is 0 Å². The van der Waals surface area contributed by atoms with Gasteiger partial charge in [-0.1, -0.05) is 29.4 Å². The van der Waals surface area contributed by atoms with Gasteiger partial charge in [-0.25, -0.2) is 0 Å². The number of benzene rings is 2. The summed E-state index contributed by atoms with van der Waals surface area (Å²) in [4.78, 5) is 16.5. The van der Waals surface area contributed by atoms with E-state index in [2.05, 4.69) is 5.16 Å². The van der Waals surface area contributed by atoms with Crippen LogP contribution in [0.5, 0.6) is 11.5 Å². The molecule has 0 saturated heterocycles. The van der Waals surface area contributed by atoms with Crippen molar-refractivity contribution in [3.63, 3.8) is 0 Å². The zero-order valence-electron chi connectivity index (χ0n) is 17.1. The molecule has 1 N–H and O–H groups in total. The first-order valence-corrected chi connectivity index (χ1v) is 11.1. The number of carboxylic acid groups (broad SMARTS) is 1. The Hall–Kier alpha value is -3.07. The number of nitrogens with zero attached hydrogens (tertiary/aromatic N) is 1. The maximum Gasteiger partial charge on any atom is 0.312 e. The fourth-order valence-corrected chi connectivity index (χ4v) is 3.04. The van der Waals surface area contributed by atoms with Gasteiger partial charge < -0.3 is 18.9 Å². The van der Waals surface area contributed by atoms with E-state index in [9.17, 15) is 18.3 Å². The van der Waals surface area contributed by atoms with E-state index in [0.717, 1.165) is 17.4 Å². The lowest BCUT2D eigenvalue weighted by molar-refractivity contribution is -0.139. The Morgan fingerprint density at radius 2 is 1.60 bits per heavy atom. The fourth-order valence-electron chi connectivity index (χ4n) is 2.58. The van der Waals surface area contributed by atoms with Crippen LogP contribution in [0.2, 0.25) is 0 Å². The Labute approximate surface area is 176 Å². The second-order valence-corrected chi connectivity index (χ2v) is 8.18. The highest BCUT2D eigenvalue weighted by Gasteiger charge is 2.22. The second-order valence-electron chi connectivity index (χ2n) is 6.61. The molecule has 0 fully saturated rings. The van der Waals surface area contributed by atoms with Crippen LogP contribution in [0.3, 0.4) is 0 Å². The SMILES string of the molecule is CCON=C(C)C(Cc1ccc(OCc2ccc(OS(C)(=O)=O)cc2)cc1)C(=O)O. The molecule has 30 heavy (non-hydrogen) atoms. The third-order valence-corrected chi connectivity index (χ3v) is 4.57. The van der Waals surface area contributed by atoms with Gasteiger partial charge in [0.05, 0.1) is 12.0 Å². The Morgan fingerprint density at radius 3 is 2.13 bits per heavy atom. The lowest BCUT2D eigenvalue weighted by atomic mass is 9.95. The first-order chi connectivity index (χ1) is 14.2. The van der Waals surface area contributed by atoms with Crippen LogP contribution in [0.1, 0.15) is 25.0 Å². The van der Waals surface area contributed by atoms with Crippen molar-refractivity contribution in [3.05, 3.63) is 59.7 Å². The topological polar surface area (TPSA) is 111 Å². The van der Waals surface area contributed by atoms with E-state index in [1.807, 2.05) is 12.1 Å². The Morgan fingerprint density at radius 1 is 1.03 bits per heavy atom. The average molecular weight is 435 g/mol. The first-order valence-electron chi connectivity index (χ1n) is 9.27. The number of oxime groups is 1. The van der Waals surface area contributed by atoms with Crippen molar-refractivity contribution in [1.29, 1.82) is 0 Å². The van der Waals surface area contributed by atoms with Gasteiger partial charge in [0.15, 0.2) is 0 Å². The molecule has 1 atom stereocenters. The third-order valence-electron chi connectivity index (χ3n) is 4.08. The summed E-state index contributed by atoms with van der Waals surface area (Å²) in [7, 11) is -3.56. The minimum absolute atomic E-state index is 0.238. The summed E-state index contributed by atoms with van der Waals surface area (Å²) in [5, 5.41) is 13.3. The summed E-state index contributed by atoms with van der Waals surface area (Å²) < 4.78 is 32.8. The van der Waals surface area contributed by atoms with Crippen molar-refractivity contribution in [3.8, 4) is 11.5 Å². The molecule has 1 unspecified atom stereocenters. The molecule has 0 aromatic heterocycles. The molecule has 162 valence electrons.